The van der Waals surface area contributed by atoms with Crippen molar-refractivity contribution in [3.63, 3.8) is 0 Å². The molecule has 0 spiro atoms. The molecule has 55 heavy (non-hydrogen) atoms. The summed E-state index contributed by atoms with van der Waals surface area (Å²) in [6.45, 7) is 11.3. The van der Waals surface area contributed by atoms with Crippen LogP contribution in [-0.4, -0.2) is 41.5 Å². The maximum atomic E-state index is 14.4. The van der Waals surface area contributed by atoms with Gasteiger partial charge < -0.3 is 0 Å². The second-order valence-electron chi connectivity index (χ2n) is 16.1. The standard InChI is InChI=1S/C47H53N5O2S/c1-31-15-16-40(44(33(31)3)24-22-42-20-18-39(29-51-42)46-14-10-8-12-37(46)27-49)30-55(53,54)52(6)47-25-32(2)34(4)43(35(47)5)23-21-41-19-17-38(28-50-41)45-13-9-7-11-36(45)26-48/h7-14,17-24,28-29,31-35,40,43-44,47H,15-16,25,30H2,1-6H3/b23-21+,24-22+/t31-,32-,33+,34+,35-,40-,43-,44-,47+/m0/s1. The van der Waals surface area contributed by atoms with Crippen molar-refractivity contribution in [3.8, 4) is 34.4 Å². The number of hydrogen-bond donors (Lipinski definition) is 0. The van der Waals surface area contributed by atoms with Crippen LogP contribution < -0.4 is 0 Å². The molecule has 2 heterocycles. The van der Waals surface area contributed by atoms with Crippen LogP contribution >= 0.6 is 0 Å². The molecule has 2 aliphatic rings. The SMILES string of the molecule is C[C@H]1[C@@H](/C=C/c2ccc(-c3ccccc3C#N)cn2)[C@H](C)[C@@H](C)C[C@H]1N(C)S(=O)(=O)C[C@@H]1CC[C@H](C)[C@@H](C)[C@@H]1/C=C/c1ccc(-c2ccccc2C#N)cn1. The van der Waals surface area contributed by atoms with Crippen LogP contribution in [0.2, 0.25) is 0 Å². The van der Waals surface area contributed by atoms with Gasteiger partial charge in [-0.3, -0.25) is 9.97 Å². The number of nitrogens with zero attached hydrogens (tertiary/aromatic N) is 5. The number of hydrogen-bond acceptors (Lipinski definition) is 6. The summed E-state index contributed by atoms with van der Waals surface area (Å²) in [4.78, 5) is 9.39. The molecule has 0 amide bonds. The molecule has 4 aromatic rings. The lowest BCUT2D eigenvalue weighted by Gasteiger charge is -2.46. The Morgan fingerprint density at radius 3 is 1.71 bits per heavy atom. The van der Waals surface area contributed by atoms with Gasteiger partial charge in [-0.1, -0.05) is 102 Å². The Hall–Kier alpha value is -4.89. The zero-order valence-electron chi connectivity index (χ0n) is 32.9. The topological polar surface area (TPSA) is 111 Å². The number of pyridine rings is 2. The third kappa shape index (κ3) is 8.83. The van der Waals surface area contributed by atoms with Gasteiger partial charge in [0.15, 0.2) is 0 Å². The van der Waals surface area contributed by atoms with Crippen LogP contribution in [0.1, 0.15) is 76.4 Å². The lowest BCUT2D eigenvalue weighted by atomic mass is 9.66. The zero-order valence-corrected chi connectivity index (χ0v) is 33.7. The highest BCUT2D eigenvalue weighted by Gasteiger charge is 2.44. The average molecular weight is 752 g/mol. The summed E-state index contributed by atoms with van der Waals surface area (Å²) < 4.78 is 30.4. The molecule has 0 aliphatic heterocycles. The Morgan fingerprint density at radius 2 is 1.20 bits per heavy atom. The number of sulfonamides is 1. The van der Waals surface area contributed by atoms with Crippen molar-refractivity contribution in [2.75, 3.05) is 12.8 Å². The minimum absolute atomic E-state index is 0.0109. The summed E-state index contributed by atoms with van der Waals surface area (Å²) in [7, 11) is -1.76. The summed E-state index contributed by atoms with van der Waals surface area (Å²) in [6.07, 6.45) is 14.9. The fraction of sp³-hybridized carbons (Fsp3) is 0.404. The molecule has 2 fully saturated rings. The summed E-state index contributed by atoms with van der Waals surface area (Å²) >= 11 is 0. The quantitative estimate of drug-likeness (QED) is 0.160. The number of nitriles is 2. The van der Waals surface area contributed by atoms with Crippen LogP contribution in [0.15, 0.2) is 97.3 Å². The first-order valence-electron chi connectivity index (χ1n) is 19.6. The Labute approximate surface area is 328 Å². The summed E-state index contributed by atoms with van der Waals surface area (Å²) in [5.74, 6) is 2.14. The normalized spacial score (nSPS) is 27.3. The van der Waals surface area contributed by atoms with E-state index in [2.05, 4.69) is 65.0 Å². The van der Waals surface area contributed by atoms with Crippen molar-refractivity contribution in [3.05, 3.63) is 120 Å². The molecule has 0 bridgehead atoms. The minimum atomic E-state index is -3.56. The van der Waals surface area contributed by atoms with E-state index in [4.69, 9.17) is 9.97 Å². The highest BCUT2D eigenvalue weighted by Crippen LogP contribution is 2.44. The molecule has 2 aromatic heterocycles. The summed E-state index contributed by atoms with van der Waals surface area (Å²) in [5, 5.41) is 19.1. The van der Waals surface area contributed by atoms with Gasteiger partial charge in [-0.2, -0.15) is 10.5 Å². The van der Waals surface area contributed by atoms with Crippen molar-refractivity contribution < 1.29 is 8.42 Å². The highest BCUT2D eigenvalue weighted by molar-refractivity contribution is 7.89. The van der Waals surface area contributed by atoms with Crippen LogP contribution in [0, 0.1) is 70.0 Å². The van der Waals surface area contributed by atoms with Gasteiger partial charge in [-0.05, 0) is 96.6 Å². The molecule has 0 radical (unpaired) electrons. The molecule has 0 N–H and O–H groups in total. The van der Waals surface area contributed by atoms with Crippen LogP contribution in [-0.2, 0) is 10.0 Å². The lowest BCUT2D eigenvalue weighted by molar-refractivity contribution is 0.0843. The molecule has 8 heteroatoms. The van der Waals surface area contributed by atoms with E-state index in [0.717, 1.165) is 52.9 Å². The van der Waals surface area contributed by atoms with E-state index in [-0.39, 0.29) is 35.5 Å². The Bertz CT molecular complexity index is 2200. The predicted octanol–water partition coefficient (Wildman–Crippen LogP) is 10.1. The van der Waals surface area contributed by atoms with Gasteiger partial charge in [0.05, 0.1) is 40.4 Å². The van der Waals surface area contributed by atoms with E-state index in [0.29, 0.717) is 34.8 Å². The second-order valence-corrected chi connectivity index (χ2v) is 18.2. The predicted molar refractivity (Wildman–Crippen MR) is 222 cm³/mol. The second kappa shape index (κ2) is 17.3. The molecule has 9 atom stereocenters. The molecule has 284 valence electrons. The molecule has 2 saturated carbocycles. The van der Waals surface area contributed by atoms with Gasteiger partial charge in [0.25, 0.3) is 0 Å². The first-order chi connectivity index (χ1) is 26.4. The highest BCUT2D eigenvalue weighted by atomic mass is 32.2. The van der Waals surface area contributed by atoms with E-state index in [9.17, 15) is 18.9 Å². The van der Waals surface area contributed by atoms with E-state index in [1.165, 1.54) is 0 Å². The zero-order chi connectivity index (χ0) is 39.3. The first-order valence-corrected chi connectivity index (χ1v) is 21.3. The smallest absolute Gasteiger partial charge is 0.214 e. The Kier molecular flexibility index (Phi) is 12.5. The van der Waals surface area contributed by atoms with Crippen LogP contribution in [0.25, 0.3) is 34.4 Å². The van der Waals surface area contributed by atoms with Crippen LogP contribution in [0.3, 0.4) is 0 Å². The van der Waals surface area contributed by atoms with Gasteiger partial charge in [-0.25, -0.2) is 12.7 Å². The number of allylic oxidation sites excluding steroid dienone is 2. The molecular formula is C47H53N5O2S. The summed E-state index contributed by atoms with van der Waals surface area (Å²) in [5.41, 5.74) is 6.41. The molecule has 2 aromatic carbocycles. The minimum Gasteiger partial charge on any atom is -0.256 e. The van der Waals surface area contributed by atoms with E-state index < -0.39 is 10.0 Å². The number of benzene rings is 2. The van der Waals surface area contributed by atoms with E-state index in [1.54, 1.807) is 17.5 Å². The molecule has 0 unspecified atom stereocenters. The third-order valence-corrected chi connectivity index (χ3v) is 15.0. The van der Waals surface area contributed by atoms with Gasteiger partial charge in [0.2, 0.25) is 10.0 Å². The maximum absolute atomic E-state index is 14.4. The van der Waals surface area contributed by atoms with Crippen molar-refractivity contribution in [2.24, 2.45) is 47.3 Å². The van der Waals surface area contributed by atoms with Crippen LogP contribution in [0.5, 0.6) is 0 Å². The van der Waals surface area contributed by atoms with Crippen molar-refractivity contribution in [1.29, 1.82) is 10.5 Å². The van der Waals surface area contributed by atoms with Crippen molar-refractivity contribution in [2.45, 2.75) is 59.9 Å². The van der Waals surface area contributed by atoms with E-state index >= 15 is 0 Å². The first kappa shape index (κ1) is 39.8. The van der Waals surface area contributed by atoms with Gasteiger partial charge in [0.1, 0.15) is 0 Å². The van der Waals surface area contributed by atoms with Crippen LogP contribution in [0.4, 0.5) is 0 Å². The van der Waals surface area contributed by atoms with Crippen molar-refractivity contribution >= 4 is 22.2 Å². The Balaban J connectivity index is 1.15. The molecule has 0 saturated heterocycles. The fourth-order valence-corrected chi connectivity index (χ4v) is 10.9. The molecule has 6 rings (SSSR count). The molecular weight excluding hydrogens is 699 g/mol. The summed E-state index contributed by atoms with van der Waals surface area (Å²) in [6, 6.07) is 27.4. The Morgan fingerprint density at radius 1 is 0.691 bits per heavy atom. The number of aromatic nitrogens is 2. The third-order valence-electron chi connectivity index (χ3n) is 13.0. The van der Waals surface area contributed by atoms with Gasteiger partial charge in [0, 0.05) is 47.7 Å². The average Bonchev–Trinajstić information content (AvgIpc) is 3.20. The van der Waals surface area contributed by atoms with Gasteiger partial charge in [-0.15, -0.1) is 0 Å². The largest absolute Gasteiger partial charge is 0.256 e. The van der Waals surface area contributed by atoms with E-state index in [1.807, 2.05) is 85.1 Å². The fourth-order valence-electron chi connectivity index (χ4n) is 9.03. The maximum Gasteiger partial charge on any atom is 0.214 e. The van der Waals surface area contributed by atoms with Gasteiger partial charge >= 0.3 is 0 Å². The van der Waals surface area contributed by atoms with Crippen molar-refractivity contribution in [1.82, 2.24) is 14.3 Å². The monoisotopic (exact) mass is 751 g/mol. The molecule has 2 aliphatic carbocycles. The molecule has 7 nitrogen and oxygen atoms in total. The lowest BCUT2D eigenvalue weighted by Crippen LogP contribution is -2.51. The number of rotatable bonds is 10.